The van der Waals surface area contributed by atoms with E-state index < -0.39 is 0 Å². The number of carbonyl (C=O) groups is 1. The summed E-state index contributed by atoms with van der Waals surface area (Å²) in [4.78, 5) is 19.7. The standard InChI is InChI=1S/C11H16N4O2S/c1-6-4-8(10(12)18)15-11(13-6)14-7(2)5-9(16)17-3/h4,7H,5H2,1-3H3,(H2,12,18)(H,13,14,15). The molecule has 3 N–H and O–H groups in total. The van der Waals surface area contributed by atoms with Crippen LogP contribution >= 0.6 is 12.2 Å². The predicted octanol–water partition coefficient (Wildman–Crippen LogP) is 0.783. The predicted molar refractivity (Wildman–Crippen MR) is 72.4 cm³/mol. The van der Waals surface area contributed by atoms with Crippen LogP contribution < -0.4 is 11.1 Å². The van der Waals surface area contributed by atoms with Crippen LogP contribution in [0.4, 0.5) is 5.95 Å². The van der Waals surface area contributed by atoms with Crippen molar-refractivity contribution in [2.45, 2.75) is 26.3 Å². The first-order valence-corrected chi connectivity index (χ1v) is 5.82. The summed E-state index contributed by atoms with van der Waals surface area (Å²) in [5.41, 5.74) is 6.78. The molecule has 18 heavy (non-hydrogen) atoms. The van der Waals surface area contributed by atoms with Crippen molar-refractivity contribution in [1.82, 2.24) is 9.97 Å². The Labute approximate surface area is 111 Å². The Kier molecular flexibility index (Phi) is 4.96. The normalized spacial score (nSPS) is 11.7. The zero-order chi connectivity index (χ0) is 13.7. The van der Waals surface area contributed by atoms with Crippen LogP contribution in [0.1, 0.15) is 24.7 Å². The number of hydrogen-bond acceptors (Lipinski definition) is 6. The summed E-state index contributed by atoms with van der Waals surface area (Å²) in [6, 6.07) is 1.57. The number of aryl methyl sites for hydroxylation is 1. The number of nitrogens with one attached hydrogen (secondary N) is 1. The van der Waals surface area contributed by atoms with Crippen molar-refractivity contribution in [3.63, 3.8) is 0 Å². The van der Waals surface area contributed by atoms with Crippen LogP contribution in [0.2, 0.25) is 0 Å². The largest absolute Gasteiger partial charge is 0.469 e. The lowest BCUT2D eigenvalue weighted by molar-refractivity contribution is -0.140. The maximum absolute atomic E-state index is 11.1. The van der Waals surface area contributed by atoms with Gasteiger partial charge in [-0.25, -0.2) is 9.97 Å². The monoisotopic (exact) mass is 268 g/mol. The maximum atomic E-state index is 11.1. The minimum absolute atomic E-state index is 0.140. The number of carbonyl (C=O) groups excluding carboxylic acids is 1. The Morgan fingerprint density at radius 1 is 1.61 bits per heavy atom. The van der Waals surface area contributed by atoms with Gasteiger partial charge in [0, 0.05) is 11.7 Å². The van der Waals surface area contributed by atoms with Gasteiger partial charge in [-0.05, 0) is 19.9 Å². The molecule has 1 heterocycles. The number of ether oxygens (including phenoxy) is 1. The number of esters is 1. The van der Waals surface area contributed by atoms with Gasteiger partial charge in [-0.15, -0.1) is 0 Å². The summed E-state index contributed by atoms with van der Waals surface area (Å²) in [6.45, 7) is 3.66. The molecule has 0 aliphatic carbocycles. The van der Waals surface area contributed by atoms with Crippen LogP contribution in [0, 0.1) is 6.92 Å². The molecule has 1 unspecified atom stereocenters. The zero-order valence-corrected chi connectivity index (χ0v) is 11.4. The second-order valence-corrected chi connectivity index (χ2v) is 4.35. The minimum Gasteiger partial charge on any atom is -0.469 e. The third-order valence-corrected chi connectivity index (χ3v) is 2.39. The number of methoxy groups -OCH3 is 1. The van der Waals surface area contributed by atoms with E-state index in [1.54, 1.807) is 6.07 Å². The lowest BCUT2D eigenvalue weighted by Crippen LogP contribution is -2.23. The van der Waals surface area contributed by atoms with E-state index in [9.17, 15) is 4.79 Å². The van der Waals surface area contributed by atoms with Crippen LogP contribution in [0.15, 0.2) is 6.07 Å². The van der Waals surface area contributed by atoms with E-state index in [4.69, 9.17) is 18.0 Å². The molecule has 1 atom stereocenters. The third kappa shape index (κ3) is 4.25. The van der Waals surface area contributed by atoms with Crippen LogP contribution in [-0.2, 0) is 9.53 Å². The van der Waals surface area contributed by atoms with Crippen LogP contribution in [0.3, 0.4) is 0 Å². The molecule has 0 aliphatic rings. The number of nitrogens with two attached hydrogens (primary N) is 1. The van der Waals surface area contributed by atoms with Gasteiger partial charge in [-0.3, -0.25) is 4.79 Å². The molecule has 0 spiro atoms. The van der Waals surface area contributed by atoms with E-state index in [1.807, 2.05) is 13.8 Å². The van der Waals surface area contributed by atoms with Gasteiger partial charge >= 0.3 is 5.97 Å². The molecule has 0 aromatic carbocycles. The number of nitrogens with zero attached hydrogens (tertiary/aromatic N) is 2. The first-order valence-electron chi connectivity index (χ1n) is 5.41. The number of anilines is 1. The van der Waals surface area contributed by atoms with Crippen molar-refractivity contribution in [2.75, 3.05) is 12.4 Å². The molecule has 0 radical (unpaired) electrons. The summed E-state index contributed by atoms with van der Waals surface area (Å²) in [6.07, 6.45) is 0.232. The number of aromatic nitrogens is 2. The second kappa shape index (κ2) is 6.25. The summed E-state index contributed by atoms with van der Waals surface area (Å²) in [5, 5.41) is 3.00. The molecule has 0 saturated heterocycles. The maximum Gasteiger partial charge on any atom is 0.307 e. The first kappa shape index (κ1) is 14.3. The fourth-order valence-electron chi connectivity index (χ4n) is 1.36. The second-order valence-electron chi connectivity index (χ2n) is 3.91. The Morgan fingerprint density at radius 2 is 2.28 bits per heavy atom. The van der Waals surface area contributed by atoms with Gasteiger partial charge < -0.3 is 15.8 Å². The SMILES string of the molecule is COC(=O)CC(C)Nc1nc(C)cc(C(N)=S)n1. The van der Waals surface area contributed by atoms with Crippen molar-refractivity contribution in [1.29, 1.82) is 0 Å². The van der Waals surface area contributed by atoms with Gasteiger partial charge in [0.2, 0.25) is 5.95 Å². The van der Waals surface area contributed by atoms with Gasteiger partial charge in [-0.1, -0.05) is 12.2 Å². The van der Waals surface area contributed by atoms with E-state index in [0.29, 0.717) is 11.6 Å². The molecule has 98 valence electrons. The highest BCUT2D eigenvalue weighted by Gasteiger charge is 2.11. The molecule has 0 amide bonds. The Balaban J connectivity index is 2.78. The highest BCUT2D eigenvalue weighted by atomic mass is 32.1. The van der Waals surface area contributed by atoms with E-state index in [0.717, 1.165) is 5.69 Å². The molecule has 0 fully saturated rings. The molecule has 0 aliphatic heterocycles. The van der Waals surface area contributed by atoms with Gasteiger partial charge in [0.25, 0.3) is 0 Å². The van der Waals surface area contributed by atoms with Gasteiger partial charge in [0.1, 0.15) is 10.7 Å². The summed E-state index contributed by atoms with van der Waals surface area (Å²) < 4.78 is 4.58. The molecular weight excluding hydrogens is 252 g/mol. The molecule has 1 rings (SSSR count). The molecule has 1 aromatic heterocycles. The average molecular weight is 268 g/mol. The zero-order valence-electron chi connectivity index (χ0n) is 10.6. The molecular formula is C11H16N4O2S. The Hall–Kier alpha value is -1.76. The highest BCUT2D eigenvalue weighted by molar-refractivity contribution is 7.80. The fraction of sp³-hybridized carbons (Fsp3) is 0.455. The van der Waals surface area contributed by atoms with Crippen LogP contribution in [0.25, 0.3) is 0 Å². The van der Waals surface area contributed by atoms with Crippen molar-refractivity contribution >= 4 is 29.1 Å². The van der Waals surface area contributed by atoms with Crippen molar-refractivity contribution < 1.29 is 9.53 Å². The van der Waals surface area contributed by atoms with E-state index in [1.165, 1.54) is 7.11 Å². The molecule has 7 heteroatoms. The molecule has 0 bridgehead atoms. The number of hydrogen-bond donors (Lipinski definition) is 2. The third-order valence-electron chi connectivity index (χ3n) is 2.18. The lowest BCUT2D eigenvalue weighted by atomic mass is 10.2. The van der Waals surface area contributed by atoms with Gasteiger partial charge in [0.15, 0.2) is 0 Å². The number of rotatable bonds is 5. The quantitative estimate of drug-likeness (QED) is 0.602. The summed E-state index contributed by atoms with van der Waals surface area (Å²) >= 11 is 4.87. The minimum atomic E-state index is -0.294. The van der Waals surface area contributed by atoms with E-state index in [-0.39, 0.29) is 23.4 Å². The topological polar surface area (TPSA) is 90.1 Å². The van der Waals surface area contributed by atoms with Crippen LogP contribution in [-0.4, -0.2) is 34.1 Å². The summed E-state index contributed by atoms with van der Waals surface area (Å²) in [7, 11) is 1.35. The van der Waals surface area contributed by atoms with E-state index in [2.05, 4.69) is 20.0 Å². The molecule has 1 aromatic rings. The van der Waals surface area contributed by atoms with Gasteiger partial charge in [-0.2, -0.15) is 0 Å². The Morgan fingerprint density at radius 3 is 2.83 bits per heavy atom. The summed E-state index contributed by atoms with van der Waals surface area (Å²) in [5.74, 6) is 0.103. The van der Waals surface area contributed by atoms with Crippen molar-refractivity contribution in [2.24, 2.45) is 5.73 Å². The first-order chi connectivity index (χ1) is 8.42. The molecule has 0 saturated carbocycles. The van der Waals surface area contributed by atoms with E-state index >= 15 is 0 Å². The average Bonchev–Trinajstić information content (AvgIpc) is 2.27. The van der Waals surface area contributed by atoms with Crippen LogP contribution in [0.5, 0.6) is 0 Å². The lowest BCUT2D eigenvalue weighted by Gasteiger charge is -2.13. The van der Waals surface area contributed by atoms with Crippen molar-refractivity contribution in [3.05, 3.63) is 17.5 Å². The number of thiocarbonyl (C=S) groups is 1. The molecule has 6 nitrogen and oxygen atoms in total. The van der Waals surface area contributed by atoms with Gasteiger partial charge in [0.05, 0.1) is 13.5 Å². The van der Waals surface area contributed by atoms with Crippen molar-refractivity contribution in [3.8, 4) is 0 Å². The smallest absolute Gasteiger partial charge is 0.307 e. The Bertz CT molecular complexity index is 464. The fourth-order valence-corrected chi connectivity index (χ4v) is 1.47. The highest BCUT2D eigenvalue weighted by Crippen LogP contribution is 2.08.